The van der Waals surface area contributed by atoms with E-state index in [2.05, 4.69) is 16.7 Å². The smallest absolute Gasteiger partial charge is 0.187 e. The van der Waals surface area contributed by atoms with Crippen molar-refractivity contribution in [1.29, 1.82) is 5.26 Å². The first kappa shape index (κ1) is 23.6. The zero-order valence-corrected chi connectivity index (χ0v) is 17.3. The van der Waals surface area contributed by atoms with Crippen LogP contribution in [0.4, 0.5) is 8.78 Å². The second-order valence-corrected chi connectivity index (χ2v) is 9.18. The van der Waals surface area contributed by atoms with E-state index in [1.54, 1.807) is 14.0 Å². The molecule has 2 aliphatic rings. The molecule has 0 aromatic heterocycles. The van der Waals surface area contributed by atoms with Crippen molar-refractivity contribution in [3.63, 3.8) is 0 Å². The number of aliphatic hydroxyl groups excluding tert-OH is 1. The quantitative estimate of drug-likeness (QED) is 0.351. The minimum absolute atomic E-state index is 0.00648. The van der Waals surface area contributed by atoms with Gasteiger partial charge in [-0.1, -0.05) is 0 Å². The highest BCUT2D eigenvalue weighted by Crippen LogP contribution is 2.48. The average molecular weight is 425 g/mol. The van der Waals surface area contributed by atoms with E-state index < -0.39 is 56.5 Å². The fraction of sp³-hybridized carbons (Fsp3) is 0.882. The maximum atomic E-state index is 14.6. The molecule has 2 saturated heterocycles. The summed E-state index contributed by atoms with van der Waals surface area (Å²) in [6.45, 7) is 3.57. The summed E-state index contributed by atoms with van der Waals surface area (Å²) in [5.74, 6) is 0. The van der Waals surface area contributed by atoms with Gasteiger partial charge in [0, 0.05) is 13.1 Å². The Hall–Kier alpha value is -0.630. The van der Waals surface area contributed by atoms with E-state index in [0.717, 1.165) is 0 Å². The van der Waals surface area contributed by atoms with E-state index in [1.807, 2.05) is 6.07 Å². The van der Waals surface area contributed by atoms with Crippen molar-refractivity contribution in [2.45, 2.75) is 69.2 Å². The number of alkyl halides is 2. The first-order valence-electron chi connectivity index (χ1n) is 9.32. The molecule has 11 heteroatoms. The van der Waals surface area contributed by atoms with Crippen molar-refractivity contribution in [1.82, 2.24) is 10.4 Å². The van der Waals surface area contributed by atoms with E-state index in [-0.39, 0.29) is 19.6 Å². The Kier molecular flexibility index (Phi) is 8.80. The van der Waals surface area contributed by atoms with Gasteiger partial charge in [-0.3, -0.25) is 5.09 Å². The molecule has 0 bridgehead atoms. The van der Waals surface area contributed by atoms with Crippen LogP contribution in [-0.2, 0) is 18.5 Å². The second kappa shape index (κ2) is 10.4. The largest absolute Gasteiger partial charge is 0.387 e. The summed E-state index contributed by atoms with van der Waals surface area (Å²) < 4.78 is 51.0. The van der Waals surface area contributed by atoms with Gasteiger partial charge in [-0.25, -0.2) is 8.78 Å². The van der Waals surface area contributed by atoms with E-state index in [4.69, 9.17) is 23.8 Å². The van der Waals surface area contributed by atoms with Crippen molar-refractivity contribution in [3.05, 3.63) is 0 Å². The Morgan fingerprint density at radius 1 is 1.18 bits per heavy atom. The van der Waals surface area contributed by atoms with Crippen molar-refractivity contribution < 1.29 is 32.4 Å². The van der Waals surface area contributed by atoms with Gasteiger partial charge in [0.05, 0.1) is 43.5 Å². The van der Waals surface area contributed by atoms with Crippen LogP contribution in [0.3, 0.4) is 0 Å². The van der Waals surface area contributed by atoms with E-state index >= 15 is 0 Å². The number of likely N-dealkylation sites (N-methyl/N-ethyl adjacent to an activating group) is 1. The average Bonchev–Trinajstić information content (AvgIpc) is 3.05. The fourth-order valence-corrected chi connectivity index (χ4v) is 4.97. The molecule has 8 nitrogen and oxygen atoms in total. The molecule has 162 valence electrons. The number of aliphatic hydroxyl groups is 1. The van der Waals surface area contributed by atoms with Crippen LogP contribution in [0.2, 0.25) is 0 Å². The predicted molar refractivity (Wildman–Crippen MR) is 101 cm³/mol. The molecule has 0 aromatic carbocycles. The lowest BCUT2D eigenvalue weighted by Crippen LogP contribution is -2.40. The number of hydrogen-bond donors (Lipinski definition) is 3. The number of ether oxygens (including phenoxy) is 2. The molecule has 0 aliphatic carbocycles. The first-order chi connectivity index (χ1) is 13.2. The first-order valence-corrected chi connectivity index (χ1v) is 11.1. The second-order valence-electron chi connectivity index (χ2n) is 7.04. The summed E-state index contributed by atoms with van der Waals surface area (Å²) in [6.07, 6.45) is -3.79. The van der Waals surface area contributed by atoms with Crippen molar-refractivity contribution in [3.8, 4) is 6.07 Å². The number of halogens is 2. The normalized spacial score (nSPS) is 40.3. The lowest BCUT2D eigenvalue weighted by Gasteiger charge is -2.31. The molecule has 0 saturated carbocycles. The summed E-state index contributed by atoms with van der Waals surface area (Å²) in [5, 5.41) is 24.6. The van der Waals surface area contributed by atoms with Gasteiger partial charge in [0.2, 0.25) is 0 Å². The molecule has 2 aliphatic heterocycles. The number of nitrogens with zero attached hydrogens (tertiary/aromatic N) is 1. The van der Waals surface area contributed by atoms with Gasteiger partial charge in [-0.05, 0) is 27.2 Å². The van der Waals surface area contributed by atoms with Gasteiger partial charge in [-0.2, -0.15) is 5.26 Å². The Labute approximate surface area is 164 Å². The van der Waals surface area contributed by atoms with Crippen LogP contribution in [0, 0.1) is 11.3 Å². The molecule has 28 heavy (non-hydrogen) atoms. The summed E-state index contributed by atoms with van der Waals surface area (Å²) in [5.41, 5.74) is 0. The zero-order valence-electron chi connectivity index (χ0n) is 16.4. The van der Waals surface area contributed by atoms with Crippen molar-refractivity contribution in [2.75, 3.05) is 26.7 Å². The standard InChI is InChI=1S/C17H30F2N3O5P/c1-10-14(18)16(23)12(25-10)9-22-28(4,24-7-5-6-20)27-17-13(8-21-3)26-11(2)15(17)19/h10-17,21-23H,4-5,7-9H2,1-3H3/t10-,11-,12+,13+,14?,15?,16-,17-,28?/m0/s1. The molecule has 2 fully saturated rings. The third-order valence-electron chi connectivity index (χ3n) is 4.81. The molecule has 9 atom stereocenters. The van der Waals surface area contributed by atoms with Crippen LogP contribution in [0.5, 0.6) is 0 Å². The predicted octanol–water partition coefficient (Wildman–Crippen LogP) is 0.917. The van der Waals surface area contributed by atoms with E-state index in [0.29, 0.717) is 6.54 Å². The van der Waals surface area contributed by atoms with Crippen molar-refractivity contribution >= 4 is 13.8 Å². The van der Waals surface area contributed by atoms with Gasteiger partial charge < -0.3 is 28.9 Å². The Bertz CT molecular complexity index is 596. The molecule has 3 unspecified atom stereocenters. The van der Waals surface area contributed by atoms with Crippen LogP contribution in [0.25, 0.3) is 0 Å². The molecular formula is C17H30F2N3O5P. The third-order valence-corrected chi connectivity index (χ3v) is 6.66. The highest BCUT2D eigenvalue weighted by molar-refractivity contribution is 7.62. The highest BCUT2D eigenvalue weighted by atomic mass is 31.2. The van der Waals surface area contributed by atoms with Crippen LogP contribution < -0.4 is 10.4 Å². The molecule has 0 spiro atoms. The number of nitrogens with one attached hydrogen (secondary N) is 2. The van der Waals surface area contributed by atoms with E-state index in [1.165, 1.54) is 6.92 Å². The molecule has 2 heterocycles. The van der Waals surface area contributed by atoms with Crippen LogP contribution in [0.15, 0.2) is 0 Å². The topological polar surface area (TPSA) is 105 Å². The minimum atomic E-state index is -3.10. The zero-order chi connectivity index (χ0) is 20.9. The monoisotopic (exact) mass is 425 g/mol. The summed E-state index contributed by atoms with van der Waals surface area (Å²) in [6, 6.07) is 1.95. The van der Waals surface area contributed by atoms with Gasteiger partial charge >= 0.3 is 0 Å². The maximum Gasteiger partial charge on any atom is 0.187 e. The van der Waals surface area contributed by atoms with Crippen LogP contribution in [-0.4, -0.2) is 87.1 Å². The molecule has 0 amide bonds. The number of hydrogen-bond acceptors (Lipinski definition) is 8. The van der Waals surface area contributed by atoms with Gasteiger partial charge in [0.25, 0.3) is 0 Å². The SMILES string of the molecule is C=P(NC[C@H]1O[C@@H](C)C(F)[C@H]1O)(OCCC#N)O[C@@H]1C(F)[C@H](C)O[C@@H]1CNC. The summed E-state index contributed by atoms with van der Waals surface area (Å²) >= 11 is 0. The molecule has 0 aromatic rings. The Balaban J connectivity index is 2.07. The lowest BCUT2D eigenvalue weighted by atomic mass is 10.1. The number of rotatable bonds is 10. The van der Waals surface area contributed by atoms with Gasteiger partial charge in [-0.15, -0.1) is 0 Å². The molecule has 0 radical (unpaired) electrons. The van der Waals surface area contributed by atoms with Gasteiger partial charge in [0.1, 0.15) is 12.2 Å². The maximum absolute atomic E-state index is 14.6. The van der Waals surface area contributed by atoms with Crippen LogP contribution >= 0.6 is 7.49 Å². The Morgan fingerprint density at radius 3 is 2.39 bits per heavy atom. The summed E-state index contributed by atoms with van der Waals surface area (Å²) in [4.78, 5) is 0. The lowest BCUT2D eigenvalue weighted by molar-refractivity contribution is 0.0151. The molecule has 2 rings (SSSR count). The molecule has 3 N–H and O–H groups in total. The number of nitriles is 1. The fourth-order valence-electron chi connectivity index (χ4n) is 3.25. The highest BCUT2D eigenvalue weighted by Gasteiger charge is 2.46. The van der Waals surface area contributed by atoms with Crippen LogP contribution in [0.1, 0.15) is 20.3 Å². The van der Waals surface area contributed by atoms with Gasteiger partial charge in [0.15, 0.2) is 19.8 Å². The van der Waals surface area contributed by atoms with Crippen molar-refractivity contribution in [2.24, 2.45) is 0 Å². The van der Waals surface area contributed by atoms with E-state index in [9.17, 15) is 13.9 Å². The molecular weight excluding hydrogens is 395 g/mol. The third kappa shape index (κ3) is 5.71. The minimum Gasteiger partial charge on any atom is -0.387 e. The Morgan fingerprint density at radius 2 is 1.82 bits per heavy atom. The summed E-state index contributed by atoms with van der Waals surface area (Å²) in [7, 11) is -1.38.